The summed E-state index contributed by atoms with van der Waals surface area (Å²) < 4.78 is 0. The fourth-order valence-corrected chi connectivity index (χ4v) is 3.00. The third-order valence-electron chi connectivity index (χ3n) is 4.98. The van der Waals surface area contributed by atoms with Crippen molar-refractivity contribution in [3.05, 3.63) is 0 Å². The van der Waals surface area contributed by atoms with Gasteiger partial charge in [-0.2, -0.15) is 0 Å². The number of carboxylic acid groups (broad SMARTS) is 1. The number of rotatable bonds is 5. The van der Waals surface area contributed by atoms with Crippen molar-refractivity contribution in [3.8, 4) is 0 Å². The second kappa shape index (κ2) is 5.60. The summed E-state index contributed by atoms with van der Waals surface area (Å²) in [5, 5.41) is 9.67. The molecule has 1 N–H and O–H groups in total. The molecule has 2 atom stereocenters. The van der Waals surface area contributed by atoms with Crippen LogP contribution in [0.1, 0.15) is 59.8 Å². The SMILES string of the molecule is CCC(C)(C)N(C)CC1(C(=O)O)CCCC(C)C1. The van der Waals surface area contributed by atoms with Crippen LogP contribution in [-0.4, -0.2) is 35.1 Å². The van der Waals surface area contributed by atoms with Gasteiger partial charge in [0, 0.05) is 12.1 Å². The lowest BCUT2D eigenvalue weighted by atomic mass is 9.69. The van der Waals surface area contributed by atoms with Gasteiger partial charge in [0.1, 0.15) is 0 Å². The first-order valence-corrected chi connectivity index (χ1v) is 7.18. The van der Waals surface area contributed by atoms with E-state index in [0.717, 1.165) is 25.7 Å². The Balaban J connectivity index is 2.84. The number of hydrogen-bond acceptors (Lipinski definition) is 2. The van der Waals surface area contributed by atoms with Gasteiger partial charge in [0.2, 0.25) is 0 Å². The molecule has 0 aromatic heterocycles. The highest BCUT2D eigenvalue weighted by Gasteiger charge is 2.44. The van der Waals surface area contributed by atoms with Crippen LogP contribution in [0.2, 0.25) is 0 Å². The smallest absolute Gasteiger partial charge is 0.310 e. The van der Waals surface area contributed by atoms with E-state index in [0.29, 0.717) is 12.5 Å². The fourth-order valence-electron chi connectivity index (χ4n) is 3.00. The van der Waals surface area contributed by atoms with E-state index in [1.165, 1.54) is 6.42 Å². The summed E-state index contributed by atoms with van der Waals surface area (Å²) in [5.41, 5.74) is -0.456. The van der Waals surface area contributed by atoms with Crippen LogP contribution in [0.3, 0.4) is 0 Å². The molecule has 106 valence electrons. The third-order valence-corrected chi connectivity index (χ3v) is 4.98. The molecule has 0 heterocycles. The minimum absolute atomic E-state index is 0.0726. The van der Waals surface area contributed by atoms with Crippen molar-refractivity contribution < 1.29 is 9.90 Å². The summed E-state index contributed by atoms with van der Waals surface area (Å²) in [6.45, 7) is 9.40. The molecule has 0 aromatic carbocycles. The number of nitrogens with zero attached hydrogens (tertiary/aromatic N) is 1. The lowest BCUT2D eigenvalue weighted by Crippen LogP contribution is -2.51. The third kappa shape index (κ3) is 3.25. The first-order valence-electron chi connectivity index (χ1n) is 7.18. The fraction of sp³-hybridized carbons (Fsp3) is 0.933. The largest absolute Gasteiger partial charge is 0.481 e. The van der Waals surface area contributed by atoms with E-state index in [1.54, 1.807) is 0 Å². The zero-order valence-electron chi connectivity index (χ0n) is 12.6. The Labute approximate surface area is 112 Å². The summed E-state index contributed by atoms with van der Waals surface area (Å²) in [6, 6.07) is 0. The topological polar surface area (TPSA) is 40.5 Å². The van der Waals surface area contributed by atoms with E-state index in [1.807, 2.05) is 0 Å². The maximum Gasteiger partial charge on any atom is 0.310 e. The molecular weight excluding hydrogens is 226 g/mol. The van der Waals surface area contributed by atoms with Crippen LogP contribution in [0.15, 0.2) is 0 Å². The van der Waals surface area contributed by atoms with Crippen molar-refractivity contribution >= 4 is 5.97 Å². The number of hydrogen-bond donors (Lipinski definition) is 1. The maximum absolute atomic E-state index is 11.7. The molecule has 0 saturated heterocycles. The van der Waals surface area contributed by atoms with Crippen LogP contribution >= 0.6 is 0 Å². The van der Waals surface area contributed by atoms with Gasteiger partial charge in [-0.15, -0.1) is 0 Å². The van der Waals surface area contributed by atoms with Crippen LogP contribution in [0, 0.1) is 11.3 Å². The molecule has 0 bridgehead atoms. The quantitative estimate of drug-likeness (QED) is 0.818. The Morgan fingerprint density at radius 3 is 2.56 bits per heavy atom. The molecule has 1 fully saturated rings. The molecule has 0 spiro atoms. The highest BCUT2D eigenvalue weighted by molar-refractivity contribution is 5.75. The Kier molecular flexibility index (Phi) is 4.82. The van der Waals surface area contributed by atoms with Crippen LogP contribution in [0.4, 0.5) is 0 Å². The van der Waals surface area contributed by atoms with Gasteiger partial charge < -0.3 is 10.0 Å². The molecule has 18 heavy (non-hydrogen) atoms. The summed E-state index contributed by atoms with van der Waals surface area (Å²) in [6.07, 6.45) is 4.92. The van der Waals surface area contributed by atoms with Crippen LogP contribution in [-0.2, 0) is 4.79 Å². The molecule has 1 saturated carbocycles. The van der Waals surface area contributed by atoms with Crippen molar-refractivity contribution in [1.82, 2.24) is 4.90 Å². The Morgan fingerprint density at radius 1 is 1.50 bits per heavy atom. The lowest BCUT2D eigenvalue weighted by Gasteiger charge is -2.44. The molecule has 3 heteroatoms. The summed E-state index contributed by atoms with van der Waals surface area (Å²) >= 11 is 0. The highest BCUT2D eigenvalue weighted by atomic mass is 16.4. The molecule has 2 unspecified atom stereocenters. The molecular formula is C15H29NO2. The van der Waals surface area contributed by atoms with Crippen molar-refractivity contribution in [2.24, 2.45) is 11.3 Å². The Hall–Kier alpha value is -0.570. The van der Waals surface area contributed by atoms with E-state index in [-0.39, 0.29) is 5.54 Å². The summed E-state index contributed by atoms with van der Waals surface area (Å²) in [4.78, 5) is 14.0. The summed E-state index contributed by atoms with van der Waals surface area (Å²) in [7, 11) is 2.06. The monoisotopic (exact) mass is 255 g/mol. The van der Waals surface area contributed by atoms with Crippen LogP contribution in [0.25, 0.3) is 0 Å². The molecule has 0 aromatic rings. The van der Waals surface area contributed by atoms with E-state index < -0.39 is 11.4 Å². The summed E-state index contributed by atoms with van der Waals surface area (Å²) in [5.74, 6) is -0.0687. The first-order chi connectivity index (χ1) is 8.23. The van der Waals surface area contributed by atoms with Crippen molar-refractivity contribution in [2.75, 3.05) is 13.6 Å². The van der Waals surface area contributed by atoms with Crippen molar-refractivity contribution in [2.45, 2.75) is 65.3 Å². The maximum atomic E-state index is 11.7. The molecule has 0 amide bonds. The van der Waals surface area contributed by atoms with Gasteiger partial charge in [-0.05, 0) is 46.1 Å². The molecule has 1 aliphatic rings. The number of carbonyl (C=O) groups is 1. The van der Waals surface area contributed by atoms with Gasteiger partial charge in [0.15, 0.2) is 0 Å². The van der Waals surface area contributed by atoms with Crippen LogP contribution in [0.5, 0.6) is 0 Å². The zero-order valence-corrected chi connectivity index (χ0v) is 12.6. The van der Waals surface area contributed by atoms with Crippen LogP contribution < -0.4 is 0 Å². The average molecular weight is 255 g/mol. The molecule has 3 nitrogen and oxygen atoms in total. The normalized spacial score (nSPS) is 29.6. The van der Waals surface area contributed by atoms with E-state index in [2.05, 4.69) is 39.6 Å². The van der Waals surface area contributed by atoms with Crippen molar-refractivity contribution in [3.63, 3.8) is 0 Å². The second-order valence-electron chi connectivity index (χ2n) is 6.81. The lowest BCUT2D eigenvalue weighted by molar-refractivity contribution is -0.154. The molecule has 1 aliphatic carbocycles. The average Bonchev–Trinajstić information content (AvgIpc) is 2.28. The highest BCUT2D eigenvalue weighted by Crippen LogP contribution is 2.41. The van der Waals surface area contributed by atoms with E-state index >= 15 is 0 Å². The van der Waals surface area contributed by atoms with E-state index in [9.17, 15) is 9.90 Å². The van der Waals surface area contributed by atoms with Crippen molar-refractivity contribution in [1.29, 1.82) is 0 Å². The van der Waals surface area contributed by atoms with Gasteiger partial charge in [-0.1, -0.05) is 26.7 Å². The number of carboxylic acids is 1. The minimum atomic E-state index is -0.604. The van der Waals surface area contributed by atoms with Gasteiger partial charge in [0.25, 0.3) is 0 Å². The van der Waals surface area contributed by atoms with Gasteiger partial charge >= 0.3 is 5.97 Å². The Bertz CT molecular complexity index is 301. The molecule has 0 radical (unpaired) electrons. The van der Waals surface area contributed by atoms with E-state index in [4.69, 9.17) is 0 Å². The molecule has 0 aliphatic heterocycles. The minimum Gasteiger partial charge on any atom is -0.481 e. The second-order valence-corrected chi connectivity index (χ2v) is 6.81. The first kappa shape index (κ1) is 15.5. The predicted molar refractivity (Wildman–Crippen MR) is 74.7 cm³/mol. The number of aliphatic carboxylic acids is 1. The standard InChI is InChI=1S/C15H29NO2/c1-6-14(3,4)16(5)11-15(13(17)18)9-7-8-12(2)10-15/h12H,6-11H2,1-5H3,(H,17,18). The Morgan fingerprint density at radius 2 is 2.11 bits per heavy atom. The van der Waals surface area contributed by atoms with Gasteiger partial charge in [0.05, 0.1) is 5.41 Å². The van der Waals surface area contributed by atoms with Gasteiger partial charge in [-0.3, -0.25) is 4.79 Å². The predicted octanol–water partition coefficient (Wildman–Crippen LogP) is 3.39. The zero-order chi connectivity index (χ0) is 14.0. The molecule has 1 rings (SSSR count). The van der Waals surface area contributed by atoms with Gasteiger partial charge in [-0.25, -0.2) is 0 Å².